The standard InChI is InChI=1S/C10H7ClN4O2/c1-6-9(15(16)17)8(14-10(11)13-6)7-4-2-3-5-12-7/h2-5H,1H3. The average Bonchev–Trinajstić information content (AvgIpc) is 2.28. The molecule has 0 aliphatic rings. The van der Waals surface area contributed by atoms with Crippen LogP contribution < -0.4 is 0 Å². The van der Waals surface area contributed by atoms with Gasteiger partial charge in [-0.05, 0) is 30.7 Å². The average molecular weight is 251 g/mol. The maximum atomic E-state index is 11.0. The lowest BCUT2D eigenvalue weighted by atomic mass is 10.2. The van der Waals surface area contributed by atoms with Crippen molar-refractivity contribution >= 4 is 17.3 Å². The predicted molar refractivity (Wildman–Crippen MR) is 61.7 cm³/mol. The first-order chi connectivity index (χ1) is 8.09. The lowest BCUT2D eigenvalue weighted by molar-refractivity contribution is -0.385. The summed E-state index contributed by atoms with van der Waals surface area (Å²) in [6, 6.07) is 5.06. The van der Waals surface area contributed by atoms with Gasteiger partial charge in [-0.25, -0.2) is 9.97 Å². The summed E-state index contributed by atoms with van der Waals surface area (Å²) in [5.74, 6) is 0. The lowest BCUT2D eigenvalue weighted by Gasteiger charge is -2.03. The van der Waals surface area contributed by atoms with E-state index in [4.69, 9.17) is 11.6 Å². The number of halogens is 1. The van der Waals surface area contributed by atoms with Crippen molar-refractivity contribution in [2.45, 2.75) is 6.92 Å². The molecule has 17 heavy (non-hydrogen) atoms. The minimum Gasteiger partial charge on any atom is -0.258 e. The molecule has 0 bridgehead atoms. The summed E-state index contributed by atoms with van der Waals surface area (Å²) in [5, 5.41) is 10.9. The third-order valence-corrected chi connectivity index (χ3v) is 2.29. The first-order valence-electron chi connectivity index (χ1n) is 4.69. The normalized spacial score (nSPS) is 10.2. The minimum absolute atomic E-state index is 0.0336. The molecule has 0 spiro atoms. The van der Waals surface area contributed by atoms with E-state index < -0.39 is 4.92 Å². The molecule has 0 fully saturated rings. The van der Waals surface area contributed by atoms with Crippen molar-refractivity contribution in [3.63, 3.8) is 0 Å². The van der Waals surface area contributed by atoms with E-state index in [1.54, 1.807) is 18.2 Å². The molecule has 0 atom stereocenters. The van der Waals surface area contributed by atoms with Crippen molar-refractivity contribution < 1.29 is 4.92 Å². The van der Waals surface area contributed by atoms with Gasteiger partial charge in [-0.2, -0.15) is 0 Å². The van der Waals surface area contributed by atoms with Crippen LogP contribution >= 0.6 is 11.6 Å². The van der Waals surface area contributed by atoms with Gasteiger partial charge in [-0.3, -0.25) is 15.1 Å². The van der Waals surface area contributed by atoms with E-state index >= 15 is 0 Å². The van der Waals surface area contributed by atoms with Gasteiger partial charge >= 0.3 is 5.69 Å². The zero-order valence-corrected chi connectivity index (χ0v) is 9.55. The number of hydrogen-bond donors (Lipinski definition) is 0. The van der Waals surface area contributed by atoms with Crippen LogP contribution in [0.25, 0.3) is 11.4 Å². The Morgan fingerprint density at radius 2 is 2.12 bits per heavy atom. The van der Waals surface area contributed by atoms with Crippen LogP contribution in [0.2, 0.25) is 5.28 Å². The number of nitrogens with zero attached hydrogens (tertiary/aromatic N) is 4. The van der Waals surface area contributed by atoms with Crippen molar-refractivity contribution in [2.24, 2.45) is 0 Å². The Morgan fingerprint density at radius 1 is 1.35 bits per heavy atom. The van der Waals surface area contributed by atoms with Crippen LogP contribution in [0.15, 0.2) is 24.4 Å². The van der Waals surface area contributed by atoms with Crippen LogP contribution in [0.5, 0.6) is 0 Å². The fourth-order valence-corrected chi connectivity index (χ4v) is 1.64. The molecular weight excluding hydrogens is 244 g/mol. The highest BCUT2D eigenvalue weighted by atomic mass is 35.5. The molecule has 0 radical (unpaired) electrons. The van der Waals surface area contributed by atoms with Crippen LogP contribution in [0, 0.1) is 17.0 Å². The van der Waals surface area contributed by atoms with Gasteiger partial charge in [0, 0.05) is 6.20 Å². The molecule has 0 aliphatic carbocycles. The monoisotopic (exact) mass is 250 g/mol. The van der Waals surface area contributed by atoms with Crippen LogP contribution in [0.3, 0.4) is 0 Å². The highest BCUT2D eigenvalue weighted by Gasteiger charge is 2.23. The molecule has 6 nitrogen and oxygen atoms in total. The zero-order valence-electron chi connectivity index (χ0n) is 8.79. The van der Waals surface area contributed by atoms with Gasteiger partial charge in [-0.15, -0.1) is 0 Å². The first kappa shape index (κ1) is 11.4. The molecule has 86 valence electrons. The summed E-state index contributed by atoms with van der Waals surface area (Å²) < 4.78 is 0. The topological polar surface area (TPSA) is 81.8 Å². The van der Waals surface area contributed by atoms with E-state index in [1.807, 2.05) is 0 Å². The summed E-state index contributed by atoms with van der Waals surface area (Å²) in [7, 11) is 0. The van der Waals surface area contributed by atoms with Crippen molar-refractivity contribution in [3.05, 3.63) is 45.5 Å². The molecule has 0 aliphatic heterocycles. The second-order valence-electron chi connectivity index (χ2n) is 3.25. The van der Waals surface area contributed by atoms with Crippen molar-refractivity contribution in [1.82, 2.24) is 15.0 Å². The second-order valence-corrected chi connectivity index (χ2v) is 3.59. The van der Waals surface area contributed by atoms with Crippen molar-refractivity contribution in [1.29, 1.82) is 0 Å². The Bertz CT molecular complexity index is 574. The van der Waals surface area contributed by atoms with Crippen molar-refractivity contribution in [2.75, 3.05) is 0 Å². The largest absolute Gasteiger partial charge is 0.318 e. The molecule has 0 unspecified atom stereocenters. The quantitative estimate of drug-likeness (QED) is 0.464. The molecule has 0 saturated heterocycles. The highest BCUT2D eigenvalue weighted by molar-refractivity contribution is 6.28. The summed E-state index contributed by atoms with van der Waals surface area (Å²) in [6.45, 7) is 1.51. The van der Waals surface area contributed by atoms with Crippen LogP contribution in [-0.2, 0) is 0 Å². The van der Waals surface area contributed by atoms with Crippen molar-refractivity contribution in [3.8, 4) is 11.4 Å². The lowest BCUT2D eigenvalue weighted by Crippen LogP contribution is -2.01. The minimum atomic E-state index is -0.532. The van der Waals surface area contributed by atoms with E-state index in [-0.39, 0.29) is 22.4 Å². The molecule has 2 heterocycles. The summed E-state index contributed by atoms with van der Waals surface area (Å²) in [5.41, 5.74) is 0.573. The number of aryl methyl sites for hydroxylation is 1. The Balaban J connectivity index is 2.72. The third-order valence-electron chi connectivity index (χ3n) is 2.12. The summed E-state index contributed by atoms with van der Waals surface area (Å²) in [4.78, 5) is 22.1. The third kappa shape index (κ3) is 2.21. The fourth-order valence-electron chi connectivity index (χ4n) is 1.43. The van der Waals surface area contributed by atoms with Gasteiger partial charge in [-0.1, -0.05) is 6.07 Å². The number of pyridine rings is 1. The fraction of sp³-hybridized carbons (Fsp3) is 0.100. The van der Waals surface area contributed by atoms with Crippen LogP contribution in [0.4, 0.5) is 5.69 Å². The smallest absolute Gasteiger partial charge is 0.258 e. The number of rotatable bonds is 2. The first-order valence-corrected chi connectivity index (χ1v) is 5.07. The maximum absolute atomic E-state index is 11.0. The second kappa shape index (κ2) is 4.42. The van der Waals surface area contributed by atoms with E-state index in [0.29, 0.717) is 5.69 Å². The molecule has 2 aromatic rings. The predicted octanol–water partition coefficient (Wildman–Crippen LogP) is 2.41. The van der Waals surface area contributed by atoms with E-state index in [2.05, 4.69) is 15.0 Å². The number of hydrogen-bond acceptors (Lipinski definition) is 5. The molecule has 2 aromatic heterocycles. The van der Waals surface area contributed by atoms with Crippen LogP contribution in [0.1, 0.15) is 5.69 Å². The van der Waals surface area contributed by atoms with E-state index in [9.17, 15) is 10.1 Å². The Morgan fingerprint density at radius 3 is 2.71 bits per heavy atom. The number of aromatic nitrogens is 3. The zero-order chi connectivity index (χ0) is 12.4. The summed E-state index contributed by atoms with van der Waals surface area (Å²) >= 11 is 5.70. The van der Waals surface area contributed by atoms with Gasteiger partial charge in [0.25, 0.3) is 0 Å². The van der Waals surface area contributed by atoms with E-state index in [1.165, 1.54) is 13.1 Å². The van der Waals surface area contributed by atoms with Gasteiger partial charge in [0.15, 0.2) is 5.69 Å². The molecule has 0 saturated carbocycles. The number of nitro groups is 1. The molecular formula is C10H7ClN4O2. The summed E-state index contributed by atoms with van der Waals surface area (Å²) in [6.07, 6.45) is 1.53. The molecule has 7 heteroatoms. The SMILES string of the molecule is Cc1nc(Cl)nc(-c2ccccn2)c1[N+](=O)[O-]. The highest BCUT2D eigenvalue weighted by Crippen LogP contribution is 2.29. The Labute approximate surface area is 101 Å². The molecule has 0 aromatic carbocycles. The Kier molecular flexibility index (Phi) is 2.97. The van der Waals surface area contributed by atoms with Gasteiger partial charge in [0.1, 0.15) is 5.69 Å². The van der Waals surface area contributed by atoms with Gasteiger partial charge in [0.2, 0.25) is 5.28 Å². The van der Waals surface area contributed by atoms with E-state index in [0.717, 1.165) is 0 Å². The van der Waals surface area contributed by atoms with Gasteiger partial charge < -0.3 is 0 Å². The van der Waals surface area contributed by atoms with Gasteiger partial charge in [0.05, 0.1) is 10.6 Å². The molecule has 0 N–H and O–H groups in total. The maximum Gasteiger partial charge on any atom is 0.318 e. The molecule has 0 amide bonds. The van der Waals surface area contributed by atoms with Crippen LogP contribution in [-0.4, -0.2) is 19.9 Å². The molecule has 2 rings (SSSR count). The Hall–Kier alpha value is -2.08.